The highest BCUT2D eigenvalue weighted by molar-refractivity contribution is 7.89. The largest absolute Gasteiger partial charge is 0.377 e. The Morgan fingerprint density at radius 2 is 2.17 bits per heavy atom. The van der Waals surface area contributed by atoms with Gasteiger partial charge in [-0.3, -0.25) is 0 Å². The van der Waals surface area contributed by atoms with Crippen LogP contribution in [0.1, 0.15) is 26.2 Å². The van der Waals surface area contributed by atoms with Gasteiger partial charge in [-0.2, -0.15) is 0 Å². The van der Waals surface area contributed by atoms with E-state index in [4.69, 9.17) is 4.74 Å². The van der Waals surface area contributed by atoms with Crippen molar-refractivity contribution in [3.63, 3.8) is 0 Å². The number of nitrogens with zero attached hydrogens (tertiary/aromatic N) is 1. The summed E-state index contributed by atoms with van der Waals surface area (Å²) in [5.41, 5.74) is 0. The molecule has 2 aliphatic heterocycles. The van der Waals surface area contributed by atoms with Gasteiger partial charge in [-0.15, -0.1) is 0 Å². The minimum Gasteiger partial charge on any atom is -0.377 e. The molecule has 0 radical (unpaired) electrons. The predicted molar refractivity (Wildman–Crippen MR) is 71.0 cm³/mol. The molecular formula is C12H24N2O3S. The molecule has 0 aromatic carbocycles. The molecule has 0 aromatic rings. The first-order valence-electron chi connectivity index (χ1n) is 6.79. The van der Waals surface area contributed by atoms with E-state index in [9.17, 15) is 8.42 Å². The molecule has 2 rings (SSSR count). The van der Waals surface area contributed by atoms with Crippen molar-refractivity contribution in [1.29, 1.82) is 0 Å². The van der Waals surface area contributed by atoms with E-state index in [2.05, 4.69) is 12.2 Å². The Morgan fingerprint density at radius 1 is 1.39 bits per heavy atom. The number of hydrogen-bond donors (Lipinski definition) is 1. The highest BCUT2D eigenvalue weighted by atomic mass is 32.2. The van der Waals surface area contributed by atoms with Gasteiger partial charge >= 0.3 is 0 Å². The molecule has 2 aliphatic rings. The summed E-state index contributed by atoms with van der Waals surface area (Å²) in [6.45, 7) is 4.07. The molecule has 1 N–H and O–H groups in total. The third-order valence-corrected chi connectivity index (χ3v) is 5.96. The fourth-order valence-corrected chi connectivity index (χ4v) is 4.69. The van der Waals surface area contributed by atoms with Crippen molar-refractivity contribution >= 4 is 10.0 Å². The standard InChI is InChI=1S/C12H24N2O3S/c1-10-8-14(6-5-12(10)13-2)18(15,16)9-11-4-3-7-17-11/h10-13H,3-9H2,1-2H3. The summed E-state index contributed by atoms with van der Waals surface area (Å²) in [7, 11) is -1.21. The van der Waals surface area contributed by atoms with Crippen LogP contribution in [0, 0.1) is 5.92 Å². The molecular weight excluding hydrogens is 252 g/mol. The van der Waals surface area contributed by atoms with E-state index in [0.29, 0.717) is 31.7 Å². The summed E-state index contributed by atoms with van der Waals surface area (Å²) < 4.78 is 31.7. The lowest BCUT2D eigenvalue weighted by molar-refractivity contribution is 0.125. The van der Waals surface area contributed by atoms with E-state index in [0.717, 1.165) is 19.3 Å². The SMILES string of the molecule is CNC1CCN(S(=O)(=O)CC2CCCO2)CC1C. The van der Waals surface area contributed by atoms with E-state index in [1.807, 2.05) is 7.05 Å². The smallest absolute Gasteiger partial charge is 0.216 e. The molecule has 0 bridgehead atoms. The van der Waals surface area contributed by atoms with Gasteiger partial charge in [0.15, 0.2) is 0 Å². The first-order chi connectivity index (χ1) is 8.53. The molecule has 2 heterocycles. The van der Waals surface area contributed by atoms with Crippen LogP contribution in [0.15, 0.2) is 0 Å². The van der Waals surface area contributed by atoms with E-state index >= 15 is 0 Å². The van der Waals surface area contributed by atoms with Crippen LogP contribution in [0.5, 0.6) is 0 Å². The van der Waals surface area contributed by atoms with Gasteiger partial charge in [-0.1, -0.05) is 6.92 Å². The first kappa shape index (κ1) is 14.2. The molecule has 0 amide bonds. The zero-order chi connectivity index (χ0) is 13.2. The zero-order valence-corrected chi connectivity index (χ0v) is 12.1. The number of hydrogen-bond acceptors (Lipinski definition) is 4. The Hall–Kier alpha value is -0.170. The molecule has 3 atom stereocenters. The van der Waals surface area contributed by atoms with Gasteiger partial charge in [0.25, 0.3) is 0 Å². The van der Waals surface area contributed by atoms with E-state index in [1.54, 1.807) is 4.31 Å². The molecule has 18 heavy (non-hydrogen) atoms. The van der Waals surface area contributed by atoms with Gasteiger partial charge in [0.2, 0.25) is 10.0 Å². The zero-order valence-electron chi connectivity index (χ0n) is 11.3. The Balaban J connectivity index is 1.94. The van der Waals surface area contributed by atoms with Gasteiger partial charge in [0, 0.05) is 25.7 Å². The van der Waals surface area contributed by atoms with Crippen LogP contribution >= 0.6 is 0 Å². The Kier molecular flexibility index (Phi) is 4.64. The summed E-state index contributed by atoms with van der Waals surface area (Å²) in [4.78, 5) is 0. The fraction of sp³-hybridized carbons (Fsp3) is 1.00. The van der Waals surface area contributed by atoms with Gasteiger partial charge in [0.1, 0.15) is 0 Å². The molecule has 2 saturated heterocycles. The van der Waals surface area contributed by atoms with Crippen LogP contribution in [0.3, 0.4) is 0 Å². The van der Waals surface area contributed by atoms with Crippen molar-refractivity contribution in [3.05, 3.63) is 0 Å². The van der Waals surface area contributed by atoms with E-state index in [-0.39, 0.29) is 11.9 Å². The Morgan fingerprint density at radius 3 is 2.72 bits per heavy atom. The lowest BCUT2D eigenvalue weighted by atomic mass is 9.96. The minimum atomic E-state index is -3.15. The molecule has 0 aromatic heterocycles. The summed E-state index contributed by atoms with van der Waals surface area (Å²) in [6.07, 6.45) is 2.66. The van der Waals surface area contributed by atoms with Gasteiger partial charge in [-0.25, -0.2) is 12.7 Å². The fourth-order valence-electron chi connectivity index (χ4n) is 2.90. The highest BCUT2D eigenvalue weighted by Gasteiger charge is 2.34. The molecule has 6 heteroatoms. The van der Waals surface area contributed by atoms with Crippen molar-refractivity contribution in [1.82, 2.24) is 9.62 Å². The third kappa shape index (κ3) is 3.23. The minimum absolute atomic E-state index is 0.0904. The Bertz CT molecular complexity index is 366. The molecule has 3 unspecified atom stereocenters. The lowest BCUT2D eigenvalue weighted by Gasteiger charge is -2.36. The number of nitrogens with one attached hydrogen (secondary N) is 1. The average molecular weight is 276 g/mol. The quantitative estimate of drug-likeness (QED) is 0.809. The van der Waals surface area contributed by atoms with Crippen LogP contribution in [0.25, 0.3) is 0 Å². The second kappa shape index (κ2) is 5.86. The first-order valence-corrected chi connectivity index (χ1v) is 8.40. The number of rotatable bonds is 4. The highest BCUT2D eigenvalue weighted by Crippen LogP contribution is 2.22. The maximum Gasteiger partial charge on any atom is 0.216 e. The van der Waals surface area contributed by atoms with Crippen molar-refractivity contribution in [2.75, 3.05) is 32.5 Å². The van der Waals surface area contributed by atoms with Gasteiger partial charge in [-0.05, 0) is 32.2 Å². The monoisotopic (exact) mass is 276 g/mol. The Labute approximate surface area is 110 Å². The average Bonchev–Trinajstić information content (AvgIpc) is 2.81. The number of piperidine rings is 1. The van der Waals surface area contributed by atoms with Crippen molar-refractivity contribution < 1.29 is 13.2 Å². The molecule has 106 valence electrons. The summed E-state index contributed by atoms with van der Waals surface area (Å²) in [6, 6.07) is 0.430. The number of sulfonamides is 1. The van der Waals surface area contributed by atoms with Gasteiger partial charge in [0.05, 0.1) is 11.9 Å². The maximum absolute atomic E-state index is 12.3. The molecule has 0 spiro atoms. The molecule has 0 saturated carbocycles. The van der Waals surface area contributed by atoms with Gasteiger partial charge < -0.3 is 10.1 Å². The number of ether oxygens (including phenoxy) is 1. The van der Waals surface area contributed by atoms with Crippen molar-refractivity contribution in [3.8, 4) is 0 Å². The van der Waals surface area contributed by atoms with Crippen LogP contribution in [-0.4, -0.2) is 57.4 Å². The van der Waals surface area contributed by atoms with Crippen LogP contribution in [-0.2, 0) is 14.8 Å². The lowest BCUT2D eigenvalue weighted by Crippen LogP contribution is -2.50. The maximum atomic E-state index is 12.3. The van der Waals surface area contributed by atoms with Crippen molar-refractivity contribution in [2.24, 2.45) is 5.92 Å². The normalized spacial score (nSPS) is 34.9. The summed E-state index contributed by atoms with van der Waals surface area (Å²) in [5.74, 6) is 0.521. The second-order valence-corrected chi connectivity index (χ2v) is 7.45. The second-order valence-electron chi connectivity index (χ2n) is 5.43. The predicted octanol–water partition coefficient (Wildman–Crippen LogP) is 0.425. The third-order valence-electron chi connectivity index (χ3n) is 4.05. The summed E-state index contributed by atoms with van der Waals surface area (Å²) in [5, 5.41) is 3.25. The topological polar surface area (TPSA) is 58.6 Å². The van der Waals surface area contributed by atoms with Crippen LogP contribution < -0.4 is 5.32 Å². The van der Waals surface area contributed by atoms with Crippen LogP contribution in [0.4, 0.5) is 0 Å². The summed E-state index contributed by atoms with van der Waals surface area (Å²) >= 11 is 0. The van der Waals surface area contributed by atoms with Crippen LogP contribution in [0.2, 0.25) is 0 Å². The molecule has 5 nitrogen and oxygen atoms in total. The van der Waals surface area contributed by atoms with Crippen molar-refractivity contribution in [2.45, 2.75) is 38.3 Å². The molecule has 0 aliphatic carbocycles. The van der Waals surface area contributed by atoms with E-state index in [1.165, 1.54) is 0 Å². The van der Waals surface area contributed by atoms with E-state index < -0.39 is 10.0 Å². The molecule has 2 fully saturated rings.